The summed E-state index contributed by atoms with van der Waals surface area (Å²) in [5.74, 6) is 0. The quantitative estimate of drug-likeness (QED) is 0.179. The van der Waals surface area contributed by atoms with Crippen LogP contribution in [0.25, 0.3) is 49.1 Å². The predicted octanol–water partition coefficient (Wildman–Crippen LogP) is 9.67. The minimum absolute atomic E-state index is 0.00700. The zero-order chi connectivity index (χ0) is 31.8. The van der Waals surface area contributed by atoms with E-state index >= 15 is 0 Å². The van der Waals surface area contributed by atoms with Gasteiger partial charge in [0.25, 0.3) is 6.71 Å². The van der Waals surface area contributed by atoms with Gasteiger partial charge in [0.2, 0.25) is 0 Å². The van der Waals surface area contributed by atoms with Crippen LogP contribution >= 0.6 is 0 Å². The molecule has 12 rings (SSSR count). The van der Waals surface area contributed by atoms with Gasteiger partial charge in [-0.05, 0) is 77.1 Å². The van der Waals surface area contributed by atoms with Gasteiger partial charge in [-0.15, -0.1) is 0 Å². The van der Waals surface area contributed by atoms with Crippen LogP contribution in [-0.2, 0) is 0 Å². The van der Waals surface area contributed by atoms with E-state index in [1.165, 1.54) is 71.5 Å². The first-order chi connectivity index (χ1) is 24.3. The normalized spacial score (nSPS) is 13.6. The molecule has 0 saturated carbocycles. The zero-order valence-corrected chi connectivity index (χ0v) is 26.3. The number of nitrogens with zero attached hydrogens (tertiary/aromatic N) is 3. The molecule has 0 spiro atoms. The van der Waals surface area contributed by atoms with E-state index in [0.29, 0.717) is 0 Å². The van der Waals surface area contributed by atoms with Gasteiger partial charge in [0, 0.05) is 67.1 Å². The van der Waals surface area contributed by atoms with Crippen LogP contribution < -0.4 is 26.2 Å². The minimum Gasteiger partial charge on any atom is -0.464 e. The molecule has 0 amide bonds. The van der Waals surface area contributed by atoms with Gasteiger partial charge in [-0.25, -0.2) is 0 Å². The van der Waals surface area contributed by atoms with Crippen molar-refractivity contribution in [2.24, 2.45) is 0 Å². The molecule has 0 radical (unpaired) electrons. The number of benzene rings is 7. The highest BCUT2D eigenvalue weighted by Crippen LogP contribution is 2.48. The van der Waals surface area contributed by atoms with E-state index in [9.17, 15) is 0 Å². The maximum atomic E-state index is 6.06. The van der Waals surface area contributed by atoms with Gasteiger partial charge in [0.05, 0.1) is 22.8 Å². The van der Waals surface area contributed by atoms with E-state index in [-0.39, 0.29) is 6.71 Å². The fraction of sp³-hybridized carbons (Fsp3) is 0. The molecular formula is C44H26BN3O. The van der Waals surface area contributed by atoms with Crippen molar-refractivity contribution in [1.29, 1.82) is 0 Å². The summed E-state index contributed by atoms with van der Waals surface area (Å²) >= 11 is 0. The highest BCUT2D eigenvalue weighted by Gasteiger charge is 2.45. The second-order valence-electron chi connectivity index (χ2n) is 13.3. The number of aromatic nitrogens is 1. The van der Waals surface area contributed by atoms with Crippen LogP contribution in [0.2, 0.25) is 0 Å². The van der Waals surface area contributed by atoms with Crippen molar-refractivity contribution in [2.45, 2.75) is 0 Å². The van der Waals surface area contributed by atoms with Gasteiger partial charge < -0.3 is 18.6 Å². The smallest absolute Gasteiger partial charge is 0.253 e. The molecule has 10 aromatic rings. The molecule has 4 nitrogen and oxygen atoms in total. The third-order valence-corrected chi connectivity index (χ3v) is 10.9. The zero-order valence-electron chi connectivity index (χ0n) is 26.3. The lowest BCUT2D eigenvalue weighted by molar-refractivity contribution is 0.616. The standard InChI is InChI=1S/C44H26BN3O/c1-3-12-28(13-4-1)46-36-20-11-21-37-42(36)45(33-24-27-22-23-49-40(27)26-38(33)46)43-39(47(37)29-14-5-2-6-15-29)25-32-30-16-7-9-18-34(30)48-35-19-10-8-17-31(35)41(43)44(32)48/h1-26H. The lowest BCUT2D eigenvalue weighted by Gasteiger charge is -2.44. The third-order valence-electron chi connectivity index (χ3n) is 10.9. The highest BCUT2D eigenvalue weighted by molar-refractivity contribution is 7.02. The average molecular weight is 624 g/mol. The molecule has 0 aliphatic carbocycles. The average Bonchev–Trinajstić information content (AvgIpc) is 3.86. The van der Waals surface area contributed by atoms with Crippen molar-refractivity contribution in [3.63, 3.8) is 0 Å². The van der Waals surface area contributed by atoms with Gasteiger partial charge in [0.1, 0.15) is 5.58 Å². The summed E-state index contributed by atoms with van der Waals surface area (Å²) in [4.78, 5) is 4.95. The van der Waals surface area contributed by atoms with Gasteiger partial charge in [-0.2, -0.15) is 0 Å². The number of fused-ring (bicyclic) bond motifs is 12. The molecule has 2 aliphatic rings. The van der Waals surface area contributed by atoms with Gasteiger partial charge in [0.15, 0.2) is 0 Å². The SMILES string of the molecule is c1ccc(N2c3cc4occc4cc3B3c4c2cccc4N(c2ccccc2)c2cc4c5ccccc5n5c6ccccc6c(c23)c45)cc1. The Bertz CT molecular complexity index is 2960. The first-order valence-corrected chi connectivity index (χ1v) is 16.9. The largest absolute Gasteiger partial charge is 0.464 e. The first kappa shape index (κ1) is 25.6. The molecule has 7 aromatic carbocycles. The van der Waals surface area contributed by atoms with E-state index in [1.54, 1.807) is 0 Å². The lowest BCUT2D eigenvalue weighted by Crippen LogP contribution is -2.61. The minimum atomic E-state index is -0.00700. The molecular weight excluding hydrogens is 597 g/mol. The summed E-state index contributed by atoms with van der Waals surface area (Å²) < 4.78 is 8.56. The van der Waals surface area contributed by atoms with Crippen LogP contribution in [0.15, 0.2) is 162 Å². The number of furan rings is 1. The van der Waals surface area contributed by atoms with Crippen LogP contribution in [0.4, 0.5) is 34.1 Å². The molecule has 0 N–H and O–H groups in total. The summed E-state index contributed by atoms with van der Waals surface area (Å²) in [5, 5.41) is 6.30. The van der Waals surface area contributed by atoms with E-state index in [1.807, 2.05) is 6.26 Å². The number of para-hydroxylation sites is 4. The third kappa shape index (κ3) is 3.15. The van der Waals surface area contributed by atoms with Crippen LogP contribution in [0.3, 0.4) is 0 Å². The first-order valence-electron chi connectivity index (χ1n) is 16.9. The maximum Gasteiger partial charge on any atom is 0.253 e. The summed E-state index contributed by atoms with van der Waals surface area (Å²) in [6.07, 6.45) is 1.81. The number of hydrogen-bond donors (Lipinski definition) is 0. The fourth-order valence-electron chi connectivity index (χ4n) is 9.10. The summed E-state index contributed by atoms with van der Waals surface area (Å²) in [7, 11) is 0. The lowest BCUT2D eigenvalue weighted by atomic mass is 9.33. The Morgan fingerprint density at radius 2 is 1.10 bits per heavy atom. The van der Waals surface area contributed by atoms with Crippen molar-refractivity contribution in [3.05, 3.63) is 158 Å². The Morgan fingerprint density at radius 3 is 1.84 bits per heavy atom. The monoisotopic (exact) mass is 623 g/mol. The Labute approximate surface area is 282 Å². The second kappa shape index (κ2) is 9.12. The van der Waals surface area contributed by atoms with Crippen molar-refractivity contribution in [1.82, 2.24) is 4.40 Å². The molecule has 5 heteroatoms. The van der Waals surface area contributed by atoms with Gasteiger partial charge in [-0.3, -0.25) is 0 Å². The molecule has 0 bridgehead atoms. The van der Waals surface area contributed by atoms with Crippen molar-refractivity contribution in [2.75, 3.05) is 9.80 Å². The van der Waals surface area contributed by atoms with Gasteiger partial charge >= 0.3 is 0 Å². The number of rotatable bonds is 2. The van der Waals surface area contributed by atoms with Crippen molar-refractivity contribution >= 4 is 106 Å². The molecule has 226 valence electrons. The summed E-state index contributed by atoms with van der Waals surface area (Å²) in [6.45, 7) is -0.00700. The summed E-state index contributed by atoms with van der Waals surface area (Å²) in [5.41, 5.74) is 15.7. The molecule has 49 heavy (non-hydrogen) atoms. The summed E-state index contributed by atoms with van der Waals surface area (Å²) in [6, 6.07) is 55.5. The van der Waals surface area contributed by atoms with Crippen LogP contribution in [0, 0.1) is 0 Å². The maximum absolute atomic E-state index is 6.06. The molecule has 2 aliphatic heterocycles. The molecule has 0 fully saturated rings. The number of anilines is 6. The van der Waals surface area contributed by atoms with Crippen LogP contribution in [0.1, 0.15) is 0 Å². The Balaban J connectivity index is 1.32. The van der Waals surface area contributed by atoms with E-state index in [0.717, 1.165) is 28.0 Å². The number of hydrogen-bond acceptors (Lipinski definition) is 3. The Kier molecular flexibility index (Phi) is 4.77. The fourth-order valence-corrected chi connectivity index (χ4v) is 9.10. The molecule has 3 aromatic heterocycles. The van der Waals surface area contributed by atoms with Gasteiger partial charge in [-0.1, -0.05) is 84.9 Å². The highest BCUT2D eigenvalue weighted by atomic mass is 16.3. The topological polar surface area (TPSA) is 24.0 Å². The molecule has 0 unspecified atom stereocenters. The van der Waals surface area contributed by atoms with Crippen LogP contribution in [-0.4, -0.2) is 11.1 Å². The molecule has 0 saturated heterocycles. The van der Waals surface area contributed by atoms with E-state index < -0.39 is 0 Å². The Morgan fingerprint density at radius 1 is 0.469 bits per heavy atom. The van der Waals surface area contributed by atoms with Crippen molar-refractivity contribution < 1.29 is 4.42 Å². The van der Waals surface area contributed by atoms with E-state index in [2.05, 4.69) is 166 Å². The second-order valence-corrected chi connectivity index (χ2v) is 13.3. The Hall–Kier alpha value is -6.46. The van der Waals surface area contributed by atoms with Crippen molar-refractivity contribution in [3.8, 4) is 0 Å². The van der Waals surface area contributed by atoms with Crippen LogP contribution in [0.5, 0.6) is 0 Å². The predicted molar refractivity (Wildman–Crippen MR) is 205 cm³/mol. The molecule has 5 heterocycles. The van der Waals surface area contributed by atoms with E-state index in [4.69, 9.17) is 4.42 Å². The molecule has 0 atom stereocenters.